The summed E-state index contributed by atoms with van der Waals surface area (Å²) in [5, 5.41) is 2.96. The van der Waals surface area contributed by atoms with E-state index in [9.17, 15) is 9.59 Å². The van der Waals surface area contributed by atoms with Crippen LogP contribution in [-0.4, -0.2) is 18.4 Å². The van der Waals surface area contributed by atoms with Crippen LogP contribution in [0.15, 0.2) is 46.9 Å². The summed E-state index contributed by atoms with van der Waals surface area (Å²) in [7, 11) is 0. The highest BCUT2D eigenvalue weighted by atomic mass is 79.9. The van der Waals surface area contributed by atoms with Gasteiger partial charge in [0.1, 0.15) is 5.41 Å². The van der Waals surface area contributed by atoms with Gasteiger partial charge in [-0.25, -0.2) is 0 Å². The minimum Gasteiger partial charge on any atom is -0.325 e. The third-order valence-corrected chi connectivity index (χ3v) is 5.66. The zero-order valence-electron chi connectivity index (χ0n) is 14.0. The standard InChI is InChI=1S/C20H19BrN2O2/c1-13-12-15(21)6-7-16(13)22-18(24)20(9-10-20)19(25)23-11-8-14-4-2-3-5-17(14)23/h2-7,12H,8-11H2,1H3,(H,22,24). The molecule has 0 unspecified atom stereocenters. The van der Waals surface area contributed by atoms with Crippen LogP contribution < -0.4 is 10.2 Å². The molecule has 2 aromatic rings. The molecule has 1 saturated carbocycles. The second-order valence-electron chi connectivity index (χ2n) is 6.83. The van der Waals surface area contributed by atoms with Gasteiger partial charge in [-0.05, 0) is 61.6 Å². The van der Waals surface area contributed by atoms with Gasteiger partial charge in [0.15, 0.2) is 0 Å². The van der Waals surface area contributed by atoms with E-state index in [1.54, 1.807) is 4.90 Å². The molecule has 25 heavy (non-hydrogen) atoms. The third kappa shape index (κ3) is 2.76. The van der Waals surface area contributed by atoms with Gasteiger partial charge in [-0.15, -0.1) is 0 Å². The lowest BCUT2D eigenvalue weighted by Crippen LogP contribution is -2.42. The Labute approximate surface area is 155 Å². The van der Waals surface area contributed by atoms with Crippen molar-refractivity contribution in [2.75, 3.05) is 16.8 Å². The first-order valence-electron chi connectivity index (χ1n) is 8.49. The molecular formula is C20H19BrN2O2. The summed E-state index contributed by atoms with van der Waals surface area (Å²) < 4.78 is 0.967. The Bertz CT molecular complexity index is 874. The molecule has 0 radical (unpaired) electrons. The maximum Gasteiger partial charge on any atom is 0.242 e. The topological polar surface area (TPSA) is 49.4 Å². The minimum absolute atomic E-state index is 0.0651. The van der Waals surface area contributed by atoms with E-state index in [2.05, 4.69) is 21.2 Å². The number of rotatable bonds is 3. The monoisotopic (exact) mass is 398 g/mol. The summed E-state index contributed by atoms with van der Waals surface area (Å²) in [5.74, 6) is -0.253. The molecule has 1 aliphatic heterocycles. The van der Waals surface area contributed by atoms with Crippen molar-refractivity contribution < 1.29 is 9.59 Å². The van der Waals surface area contributed by atoms with E-state index in [0.717, 1.165) is 27.8 Å². The number of hydrogen-bond acceptors (Lipinski definition) is 2. The fraction of sp³-hybridized carbons (Fsp3) is 0.300. The molecule has 2 aromatic carbocycles. The number of hydrogen-bond donors (Lipinski definition) is 1. The summed E-state index contributed by atoms with van der Waals surface area (Å²) in [5.41, 5.74) is 2.95. The van der Waals surface area contributed by atoms with Crippen LogP contribution >= 0.6 is 15.9 Å². The number of nitrogens with one attached hydrogen (secondary N) is 1. The van der Waals surface area contributed by atoms with E-state index >= 15 is 0 Å². The Balaban J connectivity index is 1.56. The quantitative estimate of drug-likeness (QED) is 0.792. The average Bonchev–Trinajstić information content (AvgIpc) is 3.30. The molecule has 128 valence electrons. The minimum atomic E-state index is -0.906. The molecule has 4 rings (SSSR count). The van der Waals surface area contributed by atoms with Crippen molar-refractivity contribution in [3.8, 4) is 0 Å². The van der Waals surface area contributed by atoms with E-state index in [1.165, 1.54) is 5.56 Å². The molecule has 0 atom stereocenters. The molecule has 1 heterocycles. The van der Waals surface area contributed by atoms with Crippen molar-refractivity contribution in [1.29, 1.82) is 0 Å². The Kier molecular flexibility index (Phi) is 3.91. The number of anilines is 2. The summed E-state index contributed by atoms with van der Waals surface area (Å²) in [6.45, 7) is 2.60. The highest BCUT2D eigenvalue weighted by Gasteiger charge is 2.58. The number of aryl methyl sites for hydroxylation is 1. The molecule has 0 spiro atoms. The summed E-state index contributed by atoms with van der Waals surface area (Å²) in [6, 6.07) is 13.6. The van der Waals surface area contributed by atoms with Crippen molar-refractivity contribution in [2.24, 2.45) is 5.41 Å². The van der Waals surface area contributed by atoms with Crippen molar-refractivity contribution >= 4 is 39.1 Å². The molecule has 0 saturated heterocycles. The van der Waals surface area contributed by atoms with Crippen molar-refractivity contribution in [1.82, 2.24) is 0 Å². The van der Waals surface area contributed by atoms with Crippen LogP contribution in [0.2, 0.25) is 0 Å². The van der Waals surface area contributed by atoms with Gasteiger partial charge in [-0.2, -0.15) is 0 Å². The lowest BCUT2D eigenvalue weighted by atomic mass is 10.0. The van der Waals surface area contributed by atoms with Crippen LogP contribution in [0.1, 0.15) is 24.0 Å². The fourth-order valence-corrected chi connectivity index (χ4v) is 3.96. The molecule has 4 nitrogen and oxygen atoms in total. The van der Waals surface area contributed by atoms with E-state index in [4.69, 9.17) is 0 Å². The Morgan fingerprint density at radius 1 is 1.16 bits per heavy atom. The van der Waals surface area contributed by atoms with Crippen molar-refractivity contribution in [2.45, 2.75) is 26.2 Å². The number of para-hydroxylation sites is 1. The number of carbonyl (C=O) groups excluding carboxylic acids is 2. The predicted octanol–water partition coefficient (Wildman–Crippen LogP) is 4.07. The van der Waals surface area contributed by atoms with Crippen molar-refractivity contribution in [3.63, 3.8) is 0 Å². The van der Waals surface area contributed by atoms with Gasteiger partial charge in [0.2, 0.25) is 11.8 Å². The van der Waals surface area contributed by atoms with Crippen LogP contribution in [0.25, 0.3) is 0 Å². The molecule has 5 heteroatoms. The van der Waals surface area contributed by atoms with E-state index in [0.29, 0.717) is 19.4 Å². The second-order valence-corrected chi connectivity index (χ2v) is 7.75. The number of carbonyl (C=O) groups is 2. The van der Waals surface area contributed by atoms with Gasteiger partial charge in [0, 0.05) is 22.4 Å². The molecule has 2 aliphatic rings. The molecule has 1 fully saturated rings. The van der Waals surface area contributed by atoms with Crippen LogP contribution in [0.3, 0.4) is 0 Å². The highest BCUT2D eigenvalue weighted by Crippen LogP contribution is 2.49. The average molecular weight is 399 g/mol. The Morgan fingerprint density at radius 2 is 1.92 bits per heavy atom. The van der Waals surface area contributed by atoms with Crippen LogP contribution in [0, 0.1) is 12.3 Å². The van der Waals surface area contributed by atoms with Crippen LogP contribution in [0.4, 0.5) is 11.4 Å². The number of benzene rings is 2. The summed E-state index contributed by atoms with van der Waals surface area (Å²) in [6.07, 6.45) is 2.09. The Hall–Kier alpha value is -2.14. The molecular weight excluding hydrogens is 380 g/mol. The molecule has 0 bridgehead atoms. The maximum atomic E-state index is 13.1. The normalized spacial score (nSPS) is 17.1. The number of nitrogens with zero attached hydrogens (tertiary/aromatic N) is 1. The molecule has 0 aromatic heterocycles. The largest absolute Gasteiger partial charge is 0.325 e. The summed E-state index contributed by atoms with van der Waals surface area (Å²) in [4.78, 5) is 27.8. The fourth-order valence-electron chi connectivity index (χ4n) is 3.48. The third-order valence-electron chi connectivity index (χ3n) is 5.16. The number of halogens is 1. The smallest absolute Gasteiger partial charge is 0.242 e. The van der Waals surface area contributed by atoms with Crippen LogP contribution in [0.5, 0.6) is 0 Å². The van der Waals surface area contributed by atoms with E-state index < -0.39 is 5.41 Å². The lowest BCUT2D eigenvalue weighted by molar-refractivity contribution is -0.132. The van der Waals surface area contributed by atoms with Crippen molar-refractivity contribution in [3.05, 3.63) is 58.1 Å². The Morgan fingerprint density at radius 3 is 2.64 bits per heavy atom. The van der Waals surface area contributed by atoms with Crippen LogP contribution in [-0.2, 0) is 16.0 Å². The van der Waals surface area contributed by atoms with Gasteiger partial charge < -0.3 is 10.2 Å². The van der Waals surface area contributed by atoms with Gasteiger partial charge >= 0.3 is 0 Å². The first-order chi connectivity index (χ1) is 12.0. The second kappa shape index (κ2) is 5.99. The molecule has 1 N–H and O–H groups in total. The number of fused-ring (bicyclic) bond motifs is 1. The van der Waals surface area contributed by atoms with Gasteiger partial charge in [0.05, 0.1) is 0 Å². The van der Waals surface area contributed by atoms with Gasteiger partial charge in [-0.1, -0.05) is 34.1 Å². The van der Waals surface area contributed by atoms with Gasteiger partial charge in [0.25, 0.3) is 0 Å². The first-order valence-corrected chi connectivity index (χ1v) is 9.28. The predicted molar refractivity (Wildman–Crippen MR) is 102 cm³/mol. The molecule has 1 aliphatic carbocycles. The van der Waals surface area contributed by atoms with E-state index in [1.807, 2.05) is 49.4 Å². The summed E-state index contributed by atoms with van der Waals surface area (Å²) >= 11 is 3.42. The van der Waals surface area contributed by atoms with Gasteiger partial charge in [-0.3, -0.25) is 9.59 Å². The molecule has 2 amide bonds. The lowest BCUT2D eigenvalue weighted by Gasteiger charge is -2.23. The number of amides is 2. The SMILES string of the molecule is Cc1cc(Br)ccc1NC(=O)C1(C(=O)N2CCc3ccccc32)CC1. The zero-order valence-corrected chi connectivity index (χ0v) is 15.6. The maximum absolute atomic E-state index is 13.1. The zero-order chi connectivity index (χ0) is 17.6. The van der Waals surface area contributed by atoms with E-state index in [-0.39, 0.29) is 11.8 Å². The first kappa shape index (κ1) is 16.3. The highest BCUT2D eigenvalue weighted by molar-refractivity contribution is 9.10.